The van der Waals surface area contributed by atoms with Crippen LogP contribution in [0.2, 0.25) is 0 Å². The predicted molar refractivity (Wildman–Crippen MR) is 79.7 cm³/mol. The summed E-state index contributed by atoms with van der Waals surface area (Å²) in [6.07, 6.45) is 3.23. The number of likely N-dealkylation sites (tertiary alicyclic amines) is 1. The van der Waals surface area contributed by atoms with Gasteiger partial charge in [0.25, 0.3) is 0 Å². The predicted octanol–water partition coefficient (Wildman–Crippen LogP) is 2.28. The minimum Gasteiger partial charge on any atom is -0.480 e. The summed E-state index contributed by atoms with van der Waals surface area (Å²) in [7, 11) is 0. The lowest BCUT2D eigenvalue weighted by Gasteiger charge is -2.33. The zero-order valence-electron chi connectivity index (χ0n) is 12.1. The number of nitrogens with zero attached hydrogens (tertiary/aromatic N) is 1. The van der Waals surface area contributed by atoms with Crippen LogP contribution in [0, 0.1) is 0 Å². The molecule has 1 unspecified atom stereocenters. The zero-order chi connectivity index (χ0) is 14.4. The van der Waals surface area contributed by atoms with E-state index in [4.69, 9.17) is 0 Å². The first-order valence-electron chi connectivity index (χ1n) is 7.47. The van der Waals surface area contributed by atoms with Gasteiger partial charge in [-0.1, -0.05) is 37.3 Å². The maximum atomic E-state index is 11.5. The summed E-state index contributed by atoms with van der Waals surface area (Å²) in [4.78, 5) is 13.9. The summed E-state index contributed by atoms with van der Waals surface area (Å²) in [5.41, 5.74) is 0.830. The second-order valence-corrected chi connectivity index (χ2v) is 5.46. The van der Waals surface area contributed by atoms with Gasteiger partial charge in [0.05, 0.1) is 0 Å². The SMILES string of the molecule is CCCN1CCC(NC(C(=O)O)c2ccccc2)CC1. The molecule has 1 saturated heterocycles. The molecule has 1 fully saturated rings. The van der Waals surface area contributed by atoms with Gasteiger partial charge >= 0.3 is 5.97 Å². The molecule has 0 aliphatic carbocycles. The van der Waals surface area contributed by atoms with Gasteiger partial charge in [0.2, 0.25) is 0 Å². The molecular formula is C16H24N2O2. The molecule has 1 atom stereocenters. The van der Waals surface area contributed by atoms with Crippen LogP contribution in [0.3, 0.4) is 0 Å². The highest BCUT2D eigenvalue weighted by Crippen LogP contribution is 2.18. The van der Waals surface area contributed by atoms with Crippen molar-refractivity contribution in [3.63, 3.8) is 0 Å². The molecule has 0 radical (unpaired) electrons. The Kier molecular flexibility index (Phi) is 5.56. The molecule has 110 valence electrons. The Balaban J connectivity index is 1.92. The second-order valence-electron chi connectivity index (χ2n) is 5.46. The number of carboxylic acid groups (broad SMARTS) is 1. The van der Waals surface area contributed by atoms with Gasteiger partial charge in [-0.3, -0.25) is 10.1 Å². The van der Waals surface area contributed by atoms with Gasteiger partial charge in [-0.05, 0) is 44.5 Å². The zero-order valence-corrected chi connectivity index (χ0v) is 12.1. The summed E-state index contributed by atoms with van der Waals surface area (Å²) < 4.78 is 0. The number of rotatable bonds is 6. The van der Waals surface area contributed by atoms with Crippen molar-refractivity contribution in [3.8, 4) is 0 Å². The molecular weight excluding hydrogens is 252 g/mol. The Hall–Kier alpha value is -1.39. The molecule has 1 aliphatic heterocycles. The summed E-state index contributed by atoms with van der Waals surface area (Å²) in [5, 5.41) is 12.7. The standard InChI is InChI=1S/C16H24N2O2/c1-2-10-18-11-8-14(9-12-18)17-15(16(19)20)13-6-4-3-5-7-13/h3-7,14-15,17H,2,8-12H2,1H3,(H,19,20). The first-order valence-corrected chi connectivity index (χ1v) is 7.47. The molecule has 4 heteroatoms. The number of hydrogen-bond acceptors (Lipinski definition) is 3. The van der Waals surface area contributed by atoms with Gasteiger partial charge in [0.15, 0.2) is 0 Å². The molecule has 4 nitrogen and oxygen atoms in total. The van der Waals surface area contributed by atoms with Crippen molar-refractivity contribution in [3.05, 3.63) is 35.9 Å². The Morgan fingerprint density at radius 2 is 2.00 bits per heavy atom. The first kappa shape index (κ1) is 15.0. The quantitative estimate of drug-likeness (QED) is 0.837. The number of piperidine rings is 1. The van der Waals surface area contributed by atoms with Crippen molar-refractivity contribution in [1.29, 1.82) is 0 Å². The van der Waals surface area contributed by atoms with Gasteiger partial charge < -0.3 is 10.0 Å². The molecule has 1 aliphatic rings. The van der Waals surface area contributed by atoms with Gasteiger partial charge in [0.1, 0.15) is 6.04 Å². The normalized spacial score (nSPS) is 18.9. The second kappa shape index (κ2) is 7.41. The lowest BCUT2D eigenvalue weighted by Crippen LogP contribution is -2.45. The van der Waals surface area contributed by atoms with Gasteiger partial charge in [-0.25, -0.2) is 0 Å². The molecule has 2 rings (SSSR count). The van der Waals surface area contributed by atoms with Crippen molar-refractivity contribution < 1.29 is 9.90 Å². The molecule has 20 heavy (non-hydrogen) atoms. The molecule has 0 spiro atoms. The third-order valence-corrected chi connectivity index (χ3v) is 3.91. The maximum Gasteiger partial charge on any atom is 0.325 e. The van der Waals surface area contributed by atoms with E-state index in [1.165, 1.54) is 6.42 Å². The van der Waals surface area contributed by atoms with E-state index in [1.54, 1.807) is 0 Å². The lowest BCUT2D eigenvalue weighted by atomic mass is 10.0. The van der Waals surface area contributed by atoms with Crippen LogP contribution in [0.5, 0.6) is 0 Å². The average molecular weight is 276 g/mol. The molecule has 0 aromatic heterocycles. The van der Waals surface area contributed by atoms with Crippen molar-refractivity contribution in [2.24, 2.45) is 0 Å². The average Bonchev–Trinajstić information content (AvgIpc) is 2.47. The van der Waals surface area contributed by atoms with E-state index in [0.29, 0.717) is 6.04 Å². The van der Waals surface area contributed by atoms with Crippen LogP contribution in [0.25, 0.3) is 0 Å². The van der Waals surface area contributed by atoms with Crippen molar-refractivity contribution in [2.45, 2.75) is 38.3 Å². The summed E-state index contributed by atoms with van der Waals surface area (Å²) in [6, 6.07) is 9.12. The van der Waals surface area contributed by atoms with E-state index in [0.717, 1.165) is 38.0 Å². The van der Waals surface area contributed by atoms with Crippen LogP contribution in [0.15, 0.2) is 30.3 Å². The smallest absolute Gasteiger partial charge is 0.325 e. The monoisotopic (exact) mass is 276 g/mol. The number of carboxylic acids is 1. The minimum absolute atomic E-state index is 0.296. The van der Waals surface area contributed by atoms with Crippen LogP contribution in [-0.4, -0.2) is 41.7 Å². The van der Waals surface area contributed by atoms with Crippen molar-refractivity contribution >= 4 is 5.97 Å². The Bertz CT molecular complexity index is 414. The summed E-state index contributed by atoms with van der Waals surface area (Å²) in [6.45, 7) is 5.47. The molecule has 2 N–H and O–H groups in total. The third kappa shape index (κ3) is 4.05. The van der Waals surface area contributed by atoms with Crippen LogP contribution in [-0.2, 0) is 4.79 Å². The highest BCUT2D eigenvalue weighted by molar-refractivity contribution is 5.75. The van der Waals surface area contributed by atoms with Gasteiger partial charge in [-0.2, -0.15) is 0 Å². The molecule has 1 aromatic carbocycles. The Morgan fingerprint density at radius 1 is 1.35 bits per heavy atom. The number of benzene rings is 1. The number of aliphatic carboxylic acids is 1. The van der Waals surface area contributed by atoms with E-state index in [1.807, 2.05) is 30.3 Å². The largest absolute Gasteiger partial charge is 0.480 e. The van der Waals surface area contributed by atoms with Crippen LogP contribution in [0.1, 0.15) is 37.8 Å². The Labute approximate surface area is 120 Å². The maximum absolute atomic E-state index is 11.5. The van der Waals surface area contributed by atoms with E-state index in [-0.39, 0.29) is 0 Å². The highest BCUT2D eigenvalue weighted by atomic mass is 16.4. The molecule has 0 bridgehead atoms. The molecule has 1 heterocycles. The number of nitrogens with one attached hydrogen (secondary N) is 1. The van der Waals surface area contributed by atoms with E-state index in [9.17, 15) is 9.90 Å². The lowest BCUT2D eigenvalue weighted by molar-refractivity contribution is -0.140. The topological polar surface area (TPSA) is 52.6 Å². The van der Waals surface area contributed by atoms with Crippen molar-refractivity contribution in [2.75, 3.05) is 19.6 Å². The summed E-state index contributed by atoms with van der Waals surface area (Å²) >= 11 is 0. The summed E-state index contributed by atoms with van der Waals surface area (Å²) in [5.74, 6) is -0.799. The van der Waals surface area contributed by atoms with Gasteiger partial charge in [-0.15, -0.1) is 0 Å². The van der Waals surface area contributed by atoms with Gasteiger partial charge in [0, 0.05) is 6.04 Å². The molecule has 0 amide bonds. The fourth-order valence-electron chi connectivity index (χ4n) is 2.83. The fraction of sp³-hybridized carbons (Fsp3) is 0.562. The van der Waals surface area contributed by atoms with Crippen LogP contribution in [0.4, 0.5) is 0 Å². The van der Waals surface area contributed by atoms with E-state index < -0.39 is 12.0 Å². The Morgan fingerprint density at radius 3 is 2.55 bits per heavy atom. The van der Waals surface area contributed by atoms with Crippen LogP contribution >= 0.6 is 0 Å². The van der Waals surface area contributed by atoms with Crippen LogP contribution < -0.4 is 5.32 Å². The highest BCUT2D eigenvalue weighted by Gasteiger charge is 2.25. The minimum atomic E-state index is -0.799. The number of carbonyl (C=O) groups is 1. The first-order chi connectivity index (χ1) is 9.70. The molecule has 1 aromatic rings. The fourth-order valence-corrected chi connectivity index (χ4v) is 2.83. The third-order valence-electron chi connectivity index (χ3n) is 3.91. The van der Waals surface area contributed by atoms with Crippen molar-refractivity contribution in [1.82, 2.24) is 10.2 Å². The molecule has 0 saturated carbocycles. The van der Waals surface area contributed by atoms with E-state index in [2.05, 4.69) is 17.1 Å². The van der Waals surface area contributed by atoms with E-state index >= 15 is 0 Å². The number of hydrogen-bond donors (Lipinski definition) is 2.